The van der Waals surface area contributed by atoms with Gasteiger partial charge >= 0.3 is 0 Å². The quantitative estimate of drug-likeness (QED) is 0.491. The van der Waals surface area contributed by atoms with Crippen molar-refractivity contribution in [3.8, 4) is 5.75 Å². The molecule has 0 aromatic heterocycles. The van der Waals surface area contributed by atoms with Gasteiger partial charge in [-0.3, -0.25) is 14.5 Å². The minimum absolute atomic E-state index is 0.0438. The topological polar surface area (TPSA) is 46.6 Å². The molecule has 7 heteroatoms. The van der Waals surface area contributed by atoms with Crippen molar-refractivity contribution in [1.82, 2.24) is 4.90 Å². The van der Waals surface area contributed by atoms with Crippen LogP contribution in [0.4, 0.5) is 4.79 Å². The second-order valence-corrected chi connectivity index (χ2v) is 8.18. The predicted octanol–water partition coefficient (Wildman–Crippen LogP) is 6.41. The fourth-order valence-corrected chi connectivity index (χ4v) is 3.94. The molecule has 1 saturated heterocycles. The average molecular weight is 436 g/mol. The summed E-state index contributed by atoms with van der Waals surface area (Å²) in [5, 5.41) is 0.504. The third-order valence-corrected chi connectivity index (χ3v) is 5.96. The lowest BCUT2D eigenvalue weighted by Crippen LogP contribution is -2.27. The fraction of sp³-hybridized carbons (Fsp3) is 0.238. The van der Waals surface area contributed by atoms with Crippen LogP contribution in [0.15, 0.2) is 47.4 Å². The third-order valence-electron chi connectivity index (χ3n) is 4.34. The molecule has 0 saturated carbocycles. The first-order valence-corrected chi connectivity index (χ1v) is 10.4. The largest absolute Gasteiger partial charge is 0.491 e. The number of benzene rings is 2. The average Bonchev–Trinajstić information content (AvgIpc) is 2.93. The van der Waals surface area contributed by atoms with Crippen LogP contribution in [0.5, 0.6) is 5.75 Å². The highest BCUT2D eigenvalue weighted by Gasteiger charge is 2.35. The molecule has 0 radical (unpaired) electrons. The molecule has 1 aliphatic rings. The van der Waals surface area contributed by atoms with Crippen molar-refractivity contribution in [2.45, 2.75) is 32.9 Å². The van der Waals surface area contributed by atoms with E-state index in [9.17, 15) is 9.59 Å². The number of imide groups is 1. The van der Waals surface area contributed by atoms with E-state index in [1.54, 1.807) is 24.3 Å². The Hall–Kier alpha value is -1.95. The molecular formula is C21H19Cl2NO3S. The van der Waals surface area contributed by atoms with Crippen LogP contribution in [0, 0.1) is 0 Å². The van der Waals surface area contributed by atoms with E-state index in [2.05, 4.69) is 6.92 Å². The Kier molecular flexibility index (Phi) is 6.70. The van der Waals surface area contributed by atoms with Crippen molar-refractivity contribution in [2.75, 3.05) is 0 Å². The van der Waals surface area contributed by atoms with E-state index in [0.29, 0.717) is 20.5 Å². The summed E-state index contributed by atoms with van der Waals surface area (Å²) in [5.41, 5.74) is 1.37. The molecule has 146 valence electrons. The van der Waals surface area contributed by atoms with Crippen molar-refractivity contribution < 1.29 is 14.3 Å². The lowest BCUT2D eigenvalue weighted by Gasteiger charge is -2.14. The van der Waals surface area contributed by atoms with E-state index >= 15 is 0 Å². The number of hydrogen-bond donors (Lipinski definition) is 0. The number of carbonyl (C=O) groups excluding carboxylic acids is 2. The maximum atomic E-state index is 12.7. The first-order valence-electron chi connectivity index (χ1n) is 8.84. The summed E-state index contributed by atoms with van der Waals surface area (Å²) in [5.74, 6) is 0.416. The summed E-state index contributed by atoms with van der Waals surface area (Å²) >= 11 is 13.2. The number of carbonyl (C=O) groups is 2. The molecule has 3 rings (SSSR count). The number of rotatable bonds is 6. The molecule has 0 bridgehead atoms. The molecule has 2 aromatic carbocycles. The monoisotopic (exact) mass is 435 g/mol. The zero-order chi connectivity index (χ0) is 20.3. The first kappa shape index (κ1) is 20.8. The molecule has 0 aliphatic carbocycles. The smallest absolute Gasteiger partial charge is 0.293 e. The van der Waals surface area contributed by atoms with Crippen LogP contribution in [-0.2, 0) is 11.3 Å². The first-order chi connectivity index (χ1) is 13.4. The van der Waals surface area contributed by atoms with Crippen LogP contribution in [0.2, 0.25) is 10.0 Å². The molecule has 0 unspecified atom stereocenters. The molecule has 0 N–H and O–H groups in total. The van der Waals surface area contributed by atoms with Gasteiger partial charge in [0.2, 0.25) is 0 Å². The van der Waals surface area contributed by atoms with Crippen molar-refractivity contribution in [2.24, 2.45) is 0 Å². The number of amides is 2. The highest BCUT2D eigenvalue weighted by atomic mass is 35.5. The van der Waals surface area contributed by atoms with E-state index in [1.807, 2.05) is 31.2 Å². The van der Waals surface area contributed by atoms with Gasteiger partial charge in [-0.25, -0.2) is 0 Å². The molecule has 4 nitrogen and oxygen atoms in total. The number of thioether (sulfide) groups is 1. The molecule has 1 heterocycles. The van der Waals surface area contributed by atoms with Crippen LogP contribution >= 0.6 is 35.0 Å². The second kappa shape index (κ2) is 9.03. The lowest BCUT2D eigenvalue weighted by atomic mass is 10.2. The Morgan fingerprint density at radius 1 is 1.11 bits per heavy atom. The summed E-state index contributed by atoms with van der Waals surface area (Å²) in [7, 11) is 0. The summed E-state index contributed by atoms with van der Waals surface area (Å²) < 4.78 is 5.75. The van der Waals surface area contributed by atoms with Crippen LogP contribution in [0.25, 0.3) is 6.08 Å². The van der Waals surface area contributed by atoms with Gasteiger partial charge in [-0.05, 0) is 61.0 Å². The zero-order valence-electron chi connectivity index (χ0n) is 15.4. The van der Waals surface area contributed by atoms with Gasteiger partial charge in [-0.2, -0.15) is 0 Å². The summed E-state index contributed by atoms with van der Waals surface area (Å²) in [6.07, 6.45) is 2.76. The van der Waals surface area contributed by atoms with Crippen LogP contribution < -0.4 is 4.74 Å². The maximum Gasteiger partial charge on any atom is 0.293 e. The minimum atomic E-state index is -0.356. The van der Waals surface area contributed by atoms with Crippen LogP contribution in [-0.4, -0.2) is 22.2 Å². The zero-order valence-corrected chi connectivity index (χ0v) is 17.8. The Morgan fingerprint density at radius 3 is 2.36 bits per heavy atom. The van der Waals surface area contributed by atoms with E-state index < -0.39 is 0 Å². The summed E-state index contributed by atoms with van der Waals surface area (Å²) in [6.45, 7) is 4.11. The maximum absolute atomic E-state index is 12.7. The Balaban J connectivity index is 1.76. The van der Waals surface area contributed by atoms with Crippen molar-refractivity contribution in [3.63, 3.8) is 0 Å². The number of hydrogen-bond acceptors (Lipinski definition) is 4. The number of halogens is 2. The highest BCUT2D eigenvalue weighted by molar-refractivity contribution is 8.18. The van der Waals surface area contributed by atoms with Gasteiger partial charge < -0.3 is 4.74 Å². The van der Waals surface area contributed by atoms with E-state index in [-0.39, 0.29) is 23.8 Å². The Morgan fingerprint density at radius 2 is 1.75 bits per heavy atom. The Labute approximate surface area is 178 Å². The van der Waals surface area contributed by atoms with Crippen molar-refractivity contribution in [1.29, 1.82) is 0 Å². The van der Waals surface area contributed by atoms with Gasteiger partial charge in [-0.15, -0.1) is 0 Å². The molecule has 0 spiro atoms. The fourth-order valence-electron chi connectivity index (χ4n) is 2.59. The third kappa shape index (κ3) is 4.72. The van der Waals surface area contributed by atoms with E-state index in [1.165, 1.54) is 0 Å². The predicted molar refractivity (Wildman–Crippen MR) is 115 cm³/mol. The standard InChI is InChI=1S/C21H19Cl2NO3S/c1-3-13(2)27-15-9-7-14(8-10-15)11-19-20(25)24(21(26)28-19)12-16-17(22)5-4-6-18(16)23/h4-11,13H,3,12H2,1-2H3/b19-11-/t13-/m0/s1. The molecule has 1 aliphatic heterocycles. The molecule has 1 fully saturated rings. The van der Waals surface area contributed by atoms with Gasteiger partial charge in [-0.1, -0.05) is 48.3 Å². The van der Waals surface area contributed by atoms with Gasteiger partial charge in [0.25, 0.3) is 11.1 Å². The molecular weight excluding hydrogens is 417 g/mol. The summed E-state index contributed by atoms with van der Waals surface area (Å²) in [4.78, 5) is 26.6. The van der Waals surface area contributed by atoms with Gasteiger partial charge in [0.05, 0.1) is 17.6 Å². The second-order valence-electron chi connectivity index (χ2n) is 6.37. The van der Waals surface area contributed by atoms with Crippen LogP contribution in [0.1, 0.15) is 31.4 Å². The Bertz CT molecular complexity index is 907. The van der Waals surface area contributed by atoms with Crippen molar-refractivity contribution in [3.05, 3.63) is 68.5 Å². The van der Waals surface area contributed by atoms with E-state index in [0.717, 1.165) is 34.4 Å². The highest BCUT2D eigenvalue weighted by Crippen LogP contribution is 2.35. The number of nitrogens with zero attached hydrogens (tertiary/aromatic N) is 1. The number of ether oxygens (including phenoxy) is 1. The van der Waals surface area contributed by atoms with Crippen molar-refractivity contribution >= 4 is 52.2 Å². The summed E-state index contributed by atoms with van der Waals surface area (Å²) in [6, 6.07) is 12.5. The normalized spacial score (nSPS) is 16.7. The minimum Gasteiger partial charge on any atom is -0.491 e. The molecule has 2 aromatic rings. The molecule has 2 amide bonds. The molecule has 28 heavy (non-hydrogen) atoms. The van der Waals surface area contributed by atoms with Crippen LogP contribution in [0.3, 0.4) is 0 Å². The SMILES string of the molecule is CC[C@H](C)Oc1ccc(/C=C2\SC(=O)N(Cc3c(Cl)cccc3Cl)C2=O)cc1. The van der Waals surface area contributed by atoms with E-state index in [4.69, 9.17) is 27.9 Å². The van der Waals surface area contributed by atoms with Gasteiger partial charge in [0.1, 0.15) is 5.75 Å². The molecule has 1 atom stereocenters. The van der Waals surface area contributed by atoms with Gasteiger partial charge in [0.15, 0.2) is 0 Å². The lowest BCUT2D eigenvalue weighted by molar-refractivity contribution is -0.123. The van der Waals surface area contributed by atoms with Gasteiger partial charge in [0, 0.05) is 15.6 Å².